The molecule has 1 amide bonds. The number of benzene rings is 1. The Hall–Kier alpha value is -1.92. The molecule has 1 heterocycles. The maximum Gasteiger partial charge on any atom is 0.274 e. The highest BCUT2D eigenvalue weighted by Gasteiger charge is 2.43. The van der Waals surface area contributed by atoms with Crippen LogP contribution in [0.15, 0.2) is 18.2 Å². The van der Waals surface area contributed by atoms with Crippen molar-refractivity contribution in [2.45, 2.75) is 44.6 Å². The van der Waals surface area contributed by atoms with Crippen LogP contribution in [0.2, 0.25) is 5.02 Å². The fourth-order valence-electron chi connectivity index (χ4n) is 4.76. The summed E-state index contributed by atoms with van der Waals surface area (Å²) in [6, 6.07) is 4.12. The Kier molecular flexibility index (Phi) is 4.72. The van der Waals surface area contributed by atoms with Gasteiger partial charge < -0.3 is 15.0 Å². The molecule has 2 saturated carbocycles. The van der Waals surface area contributed by atoms with Crippen molar-refractivity contribution in [3.05, 3.63) is 46.3 Å². The minimum absolute atomic E-state index is 0.0311. The number of halogens is 2. The highest BCUT2D eigenvalue weighted by atomic mass is 35.5. The SMILES string of the molecule is Cc1nc(C2CC3CC(O)CC3C2)c(C(=O)Nc2ccc(F)c(Cl)c2)n1C. The number of aliphatic hydroxyl groups is 1. The highest BCUT2D eigenvalue weighted by molar-refractivity contribution is 6.31. The second-order valence-electron chi connectivity index (χ2n) is 7.85. The molecular formula is C20H23ClFN3O2. The van der Waals surface area contributed by atoms with E-state index in [2.05, 4.69) is 10.3 Å². The molecule has 2 aliphatic rings. The lowest BCUT2D eigenvalue weighted by atomic mass is 9.97. The van der Waals surface area contributed by atoms with Gasteiger partial charge in [0, 0.05) is 18.7 Å². The molecule has 2 aliphatic carbocycles. The Labute approximate surface area is 162 Å². The van der Waals surface area contributed by atoms with Gasteiger partial charge in [0.2, 0.25) is 0 Å². The number of carbonyl (C=O) groups excluding carboxylic acids is 1. The predicted octanol–water partition coefficient (Wildman–Crippen LogP) is 4.04. The van der Waals surface area contributed by atoms with Crippen LogP contribution >= 0.6 is 11.6 Å². The van der Waals surface area contributed by atoms with E-state index >= 15 is 0 Å². The number of rotatable bonds is 3. The summed E-state index contributed by atoms with van der Waals surface area (Å²) in [4.78, 5) is 17.7. The number of imidazole rings is 1. The average Bonchev–Trinajstić information content (AvgIpc) is 3.22. The van der Waals surface area contributed by atoms with Crippen LogP contribution in [-0.2, 0) is 7.05 Å². The molecule has 1 aromatic carbocycles. The van der Waals surface area contributed by atoms with E-state index in [4.69, 9.17) is 11.6 Å². The number of aromatic nitrogens is 2. The minimum Gasteiger partial charge on any atom is -0.393 e. The van der Waals surface area contributed by atoms with Crippen LogP contribution in [0, 0.1) is 24.6 Å². The fraction of sp³-hybridized carbons (Fsp3) is 0.500. The number of hydrogen-bond acceptors (Lipinski definition) is 3. The molecule has 4 rings (SSSR count). The zero-order valence-electron chi connectivity index (χ0n) is 15.4. The van der Waals surface area contributed by atoms with Crippen LogP contribution in [-0.4, -0.2) is 26.7 Å². The Morgan fingerprint density at radius 2 is 1.96 bits per heavy atom. The molecule has 0 radical (unpaired) electrons. The monoisotopic (exact) mass is 391 g/mol. The van der Waals surface area contributed by atoms with Crippen LogP contribution in [0.1, 0.15) is 53.6 Å². The predicted molar refractivity (Wildman–Crippen MR) is 102 cm³/mol. The van der Waals surface area contributed by atoms with Crippen molar-refractivity contribution < 1.29 is 14.3 Å². The van der Waals surface area contributed by atoms with Crippen molar-refractivity contribution in [3.63, 3.8) is 0 Å². The summed E-state index contributed by atoms with van der Waals surface area (Å²) in [7, 11) is 1.83. The van der Waals surface area contributed by atoms with E-state index in [1.165, 1.54) is 18.2 Å². The summed E-state index contributed by atoms with van der Waals surface area (Å²) in [6.07, 6.45) is 3.43. The zero-order valence-corrected chi connectivity index (χ0v) is 16.1. The van der Waals surface area contributed by atoms with Gasteiger partial charge in [0.05, 0.1) is 16.8 Å². The highest BCUT2D eigenvalue weighted by Crippen LogP contribution is 2.50. The molecule has 27 heavy (non-hydrogen) atoms. The first-order valence-corrected chi connectivity index (χ1v) is 9.69. The summed E-state index contributed by atoms with van der Waals surface area (Å²) < 4.78 is 15.2. The number of anilines is 1. The standard InChI is InChI=1S/C20H23ClFN3O2/c1-10-23-18(13-5-11-7-15(26)8-12(11)6-13)19(25(10)2)20(27)24-14-3-4-17(22)16(21)9-14/h3-4,9,11-13,15,26H,5-8H2,1-2H3,(H,24,27). The summed E-state index contributed by atoms with van der Waals surface area (Å²) in [5, 5.41) is 12.6. The first-order valence-electron chi connectivity index (χ1n) is 9.31. The number of amides is 1. The molecule has 0 spiro atoms. The second-order valence-corrected chi connectivity index (χ2v) is 8.26. The van der Waals surface area contributed by atoms with Crippen molar-refractivity contribution >= 4 is 23.2 Å². The normalized spacial score (nSPS) is 27.0. The molecule has 144 valence electrons. The van der Waals surface area contributed by atoms with Crippen molar-refractivity contribution in [3.8, 4) is 0 Å². The van der Waals surface area contributed by atoms with Crippen molar-refractivity contribution in [2.75, 3.05) is 5.32 Å². The van der Waals surface area contributed by atoms with Gasteiger partial charge in [-0.3, -0.25) is 4.79 Å². The van der Waals surface area contributed by atoms with Crippen molar-refractivity contribution in [1.29, 1.82) is 0 Å². The van der Waals surface area contributed by atoms with Gasteiger partial charge in [0.15, 0.2) is 0 Å². The zero-order chi connectivity index (χ0) is 19.3. The van der Waals surface area contributed by atoms with E-state index in [1.807, 2.05) is 14.0 Å². The van der Waals surface area contributed by atoms with E-state index in [0.29, 0.717) is 23.2 Å². The van der Waals surface area contributed by atoms with E-state index in [9.17, 15) is 14.3 Å². The lowest BCUT2D eigenvalue weighted by Gasteiger charge is -2.14. The smallest absolute Gasteiger partial charge is 0.274 e. The van der Waals surface area contributed by atoms with Gasteiger partial charge in [0.1, 0.15) is 17.3 Å². The number of hydrogen-bond donors (Lipinski definition) is 2. The quantitative estimate of drug-likeness (QED) is 0.829. The Balaban J connectivity index is 1.59. The number of fused-ring (bicyclic) bond motifs is 1. The first kappa shape index (κ1) is 18.4. The molecule has 2 unspecified atom stereocenters. The second kappa shape index (κ2) is 6.91. The van der Waals surface area contributed by atoms with Gasteiger partial charge in [-0.25, -0.2) is 9.37 Å². The topological polar surface area (TPSA) is 67.2 Å². The van der Waals surface area contributed by atoms with Crippen LogP contribution in [0.25, 0.3) is 0 Å². The van der Waals surface area contributed by atoms with Gasteiger partial charge in [-0.2, -0.15) is 0 Å². The van der Waals surface area contributed by atoms with Gasteiger partial charge in [-0.1, -0.05) is 11.6 Å². The van der Waals surface area contributed by atoms with E-state index < -0.39 is 5.82 Å². The molecule has 0 bridgehead atoms. The van der Waals surface area contributed by atoms with Crippen LogP contribution in [0.5, 0.6) is 0 Å². The molecular weight excluding hydrogens is 369 g/mol. The molecule has 1 aromatic heterocycles. The largest absolute Gasteiger partial charge is 0.393 e. The molecule has 2 N–H and O–H groups in total. The van der Waals surface area contributed by atoms with Crippen LogP contribution in [0.3, 0.4) is 0 Å². The minimum atomic E-state index is -0.522. The van der Waals surface area contributed by atoms with Gasteiger partial charge in [0.25, 0.3) is 5.91 Å². The summed E-state index contributed by atoms with van der Waals surface area (Å²) in [5.74, 6) is 1.24. The molecule has 0 saturated heterocycles. The number of nitrogens with one attached hydrogen (secondary N) is 1. The molecule has 2 atom stereocenters. The molecule has 0 aliphatic heterocycles. The lowest BCUT2D eigenvalue weighted by Crippen LogP contribution is -2.19. The van der Waals surface area contributed by atoms with Crippen molar-refractivity contribution in [1.82, 2.24) is 9.55 Å². The van der Waals surface area contributed by atoms with E-state index in [1.54, 1.807) is 4.57 Å². The van der Waals surface area contributed by atoms with E-state index in [-0.39, 0.29) is 23.0 Å². The first-order chi connectivity index (χ1) is 12.8. The van der Waals surface area contributed by atoms with E-state index in [0.717, 1.165) is 37.2 Å². The Morgan fingerprint density at radius 3 is 2.59 bits per heavy atom. The maximum absolute atomic E-state index is 13.4. The Morgan fingerprint density at radius 1 is 1.30 bits per heavy atom. The molecule has 5 nitrogen and oxygen atoms in total. The van der Waals surface area contributed by atoms with Gasteiger partial charge in [-0.15, -0.1) is 0 Å². The molecule has 7 heteroatoms. The van der Waals surface area contributed by atoms with Crippen LogP contribution in [0.4, 0.5) is 10.1 Å². The average molecular weight is 392 g/mol. The third-order valence-corrected chi connectivity index (χ3v) is 6.41. The number of nitrogens with zero attached hydrogens (tertiary/aromatic N) is 2. The fourth-order valence-corrected chi connectivity index (χ4v) is 4.94. The third-order valence-electron chi connectivity index (χ3n) is 6.12. The van der Waals surface area contributed by atoms with Crippen LogP contribution < -0.4 is 5.32 Å². The van der Waals surface area contributed by atoms with Crippen molar-refractivity contribution in [2.24, 2.45) is 18.9 Å². The lowest BCUT2D eigenvalue weighted by molar-refractivity contribution is 0.101. The number of aliphatic hydroxyl groups excluding tert-OH is 1. The Bertz CT molecular complexity index is 884. The number of carbonyl (C=O) groups is 1. The summed E-state index contributed by atoms with van der Waals surface area (Å²) in [5.41, 5.74) is 1.81. The number of aryl methyl sites for hydroxylation is 1. The molecule has 2 fully saturated rings. The summed E-state index contributed by atoms with van der Waals surface area (Å²) >= 11 is 5.82. The van der Waals surface area contributed by atoms with Gasteiger partial charge >= 0.3 is 0 Å². The third kappa shape index (κ3) is 3.36. The molecule has 2 aromatic rings. The van der Waals surface area contributed by atoms with Gasteiger partial charge in [-0.05, 0) is 62.6 Å². The maximum atomic E-state index is 13.4. The summed E-state index contributed by atoms with van der Waals surface area (Å²) in [6.45, 7) is 1.88.